The van der Waals surface area contributed by atoms with Gasteiger partial charge in [0.05, 0.1) is 17.8 Å². The summed E-state index contributed by atoms with van der Waals surface area (Å²) in [6.07, 6.45) is 1.40. The highest BCUT2D eigenvalue weighted by molar-refractivity contribution is 7.16. The van der Waals surface area contributed by atoms with Crippen LogP contribution in [-0.4, -0.2) is 10.9 Å². The third-order valence-corrected chi connectivity index (χ3v) is 2.93. The number of hydrogen-bond acceptors (Lipinski definition) is 5. The van der Waals surface area contributed by atoms with Crippen LogP contribution in [0.5, 0.6) is 0 Å². The Kier molecular flexibility index (Phi) is 3.33. The van der Waals surface area contributed by atoms with Gasteiger partial charge in [0, 0.05) is 5.56 Å². The first-order valence-electron chi connectivity index (χ1n) is 4.90. The third-order valence-electron chi connectivity index (χ3n) is 2.11. The summed E-state index contributed by atoms with van der Waals surface area (Å²) in [5.41, 5.74) is 0.926. The number of hydrogen-bond donors (Lipinski definition) is 1. The Labute approximate surface area is 107 Å². The van der Waals surface area contributed by atoms with Crippen molar-refractivity contribution in [1.29, 1.82) is 10.5 Å². The highest BCUT2D eigenvalue weighted by Crippen LogP contribution is 2.17. The predicted molar refractivity (Wildman–Crippen MR) is 65.9 cm³/mol. The standard InChI is InChI=1S/C12H6N4OS/c13-5-8-1-3-9(4-2-8)11(17)16-12-15-7-10(6-14)18-12/h1-4,7H,(H,15,16,17). The molecule has 2 rings (SSSR count). The Balaban J connectivity index is 2.12. The number of thiazole rings is 1. The van der Waals surface area contributed by atoms with Gasteiger partial charge >= 0.3 is 0 Å². The van der Waals surface area contributed by atoms with Gasteiger partial charge in [-0.1, -0.05) is 11.3 Å². The van der Waals surface area contributed by atoms with Gasteiger partial charge in [0.2, 0.25) is 0 Å². The van der Waals surface area contributed by atoms with Crippen LogP contribution in [0.1, 0.15) is 20.8 Å². The van der Waals surface area contributed by atoms with Crippen LogP contribution in [0.25, 0.3) is 0 Å². The van der Waals surface area contributed by atoms with Crippen molar-refractivity contribution in [2.75, 3.05) is 5.32 Å². The quantitative estimate of drug-likeness (QED) is 0.888. The number of carbonyl (C=O) groups is 1. The number of benzene rings is 1. The van der Waals surface area contributed by atoms with Crippen LogP contribution in [0.4, 0.5) is 5.13 Å². The van der Waals surface area contributed by atoms with Crippen molar-refractivity contribution in [3.05, 3.63) is 46.5 Å². The minimum Gasteiger partial charge on any atom is -0.298 e. The molecule has 0 aliphatic heterocycles. The molecule has 6 heteroatoms. The van der Waals surface area contributed by atoms with E-state index in [2.05, 4.69) is 10.3 Å². The average molecular weight is 254 g/mol. The van der Waals surface area contributed by atoms with E-state index in [4.69, 9.17) is 10.5 Å². The fourth-order valence-electron chi connectivity index (χ4n) is 1.25. The second kappa shape index (κ2) is 5.09. The summed E-state index contributed by atoms with van der Waals surface area (Å²) in [4.78, 5) is 16.1. The smallest absolute Gasteiger partial charge is 0.257 e. The first kappa shape index (κ1) is 11.8. The molecule has 5 nitrogen and oxygen atoms in total. The lowest BCUT2D eigenvalue weighted by Gasteiger charge is -2.00. The van der Waals surface area contributed by atoms with Crippen molar-refractivity contribution >= 4 is 22.4 Å². The molecule has 1 amide bonds. The number of nitriles is 2. The molecule has 0 aliphatic carbocycles. The summed E-state index contributed by atoms with van der Waals surface area (Å²) in [5, 5.41) is 20.2. The summed E-state index contributed by atoms with van der Waals surface area (Å²) in [6, 6.07) is 10.2. The van der Waals surface area contributed by atoms with Crippen LogP contribution in [0.15, 0.2) is 30.5 Å². The van der Waals surface area contributed by atoms with E-state index in [1.807, 2.05) is 12.1 Å². The zero-order valence-electron chi connectivity index (χ0n) is 9.04. The van der Waals surface area contributed by atoms with Gasteiger partial charge in [-0.25, -0.2) is 4.98 Å². The van der Waals surface area contributed by atoms with E-state index < -0.39 is 0 Å². The van der Waals surface area contributed by atoms with E-state index in [1.54, 1.807) is 24.3 Å². The lowest BCUT2D eigenvalue weighted by atomic mass is 10.1. The molecule has 18 heavy (non-hydrogen) atoms. The molecule has 0 fully saturated rings. The lowest BCUT2D eigenvalue weighted by Crippen LogP contribution is -2.11. The summed E-state index contributed by atoms with van der Waals surface area (Å²) >= 11 is 1.11. The SMILES string of the molecule is N#Cc1ccc(C(=O)Nc2ncc(C#N)s2)cc1. The monoisotopic (exact) mass is 254 g/mol. The van der Waals surface area contributed by atoms with E-state index in [-0.39, 0.29) is 5.91 Å². The maximum atomic E-state index is 11.8. The van der Waals surface area contributed by atoms with Crippen LogP contribution in [0.2, 0.25) is 0 Å². The van der Waals surface area contributed by atoms with Crippen LogP contribution >= 0.6 is 11.3 Å². The first-order chi connectivity index (χ1) is 8.72. The lowest BCUT2D eigenvalue weighted by molar-refractivity contribution is 0.102. The second-order valence-corrected chi connectivity index (χ2v) is 4.32. The molecule has 0 spiro atoms. The molecule has 0 aliphatic rings. The van der Waals surface area contributed by atoms with E-state index in [1.165, 1.54) is 6.20 Å². The maximum absolute atomic E-state index is 11.8. The first-order valence-corrected chi connectivity index (χ1v) is 5.72. The van der Waals surface area contributed by atoms with Gasteiger partial charge in [-0.3, -0.25) is 10.1 Å². The zero-order valence-corrected chi connectivity index (χ0v) is 9.86. The van der Waals surface area contributed by atoms with Crippen molar-refractivity contribution in [3.63, 3.8) is 0 Å². The maximum Gasteiger partial charge on any atom is 0.257 e. The molecule has 0 atom stereocenters. The molecule has 1 aromatic carbocycles. The van der Waals surface area contributed by atoms with E-state index in [0.29, 0.717) is 21.1 Å². The molecule has 1 N–H and O–H groups in total. The summed E-state index contributed by atoms with van der Waals surface area (Å²) < 4.78 is 0. The average Bonchev–Trinajstić information content (AvgIpc) is 2.86. The molecule has 1 heterocycles. The molecule has 0 unspecified atom stereocenters. The van der Waals surface area contributed by atoms with E-state index in [0.717, 1.165) is 11.3 Å². The molecular formula is C12H6N4OS. The van der Waals surface area contributed by atoms with Gasteiger partial charge in [0.1, 0.15) is 10.9 Å². The summed E-state index contributed by atoms with van der Waals surface area (Å²) in [7, 11) is 0. The van der Waals surface area contributed by atoms with Crippen LogP contribution in [0.3, 0.4) is 0 Å². The minimum absolute atomic E-state index is 0.321. The predicted octanol–water partition coefficient (Wildman–Crippen LogP) is 2.14. The molecule has 86 valence electrons. The molecule has 0 radical (unpaired) electrons. The number of nitrogens with one attached hydrogen (secondary N) is 1. The Morgan fingerprint density at radius 1 is 1.22 bits per heavy atom. The highest BCUT2D eigenvalue weighted by Gasteiger charge is 2.08. The van der Waals surface area contributed by atoms with Crippen molar-refractivity contribution in [2.24, 2.45) is 0 Å². The fourth-order valence-corrected chi connectivity index (χ4v) is 1.86. The van der Waals surface area contributed by atoms with Crippen LogP contribution < -0.4 is 5.32 Å². The third kappa shape index (κ3) is 2.51. The molecule has 0 bridgehead atoms. The number of carbonyl (C=O) groups excluding carboxylic acids is 1. The largest absolute Gasteiger partial charge is 0.298 e. The summed E-state index contributed by atoms with van der Waals surface area (Å²) in [6.45, 7) is 0. The van der Waals surface area contributed by atoms with Gasteiger partial charge in [-0.2, -0.15) is 10.5 Å². The van der Waals surface area contributed by atoms with E-state index >= 15 is 0 Å². The molecule has 0 saturated heterocycles. The van der Waals surface area contributed by atoms with Gasteiger partial charge in [0.25, 0.3) is 5.91 Å². The molecule has 0 saturated carbocycles. The Morgan fingerprint density at radius 2 is 1.94 bits per heavy atom. The normalized spacial score (nSPS) is 9.22. The van der Waals surface area contributed by atoms with Crippen molar-refractivity contribution in [2.45, 2.75) is 0 Å². The number of amides is 1. The number of nitrogens with zero attached hydrogens (tertiary/aromatic N) is 3. The van der Waals surface area contributed by atoms with Crippen molar-refractivity contribution < 1.29 is 4.79 Å². The van der Waals surface area contributed by atoms with Gasteiger partial charge < -0.3 is 0 Å². The molecule has 2 aromatic rings. The van der Waals surface area contributed by atoms with Crippen LogP contribution in [0, 0.1) is 22.7 Å². The van der Waals surface area contributed by atoms with Crippen molar-refractivity contribution in [1.82, 2.24) is 4.98 Å². The Bertz CT molecular complexity index is 661. The summed E-state index contributed by atoms with van der Waals surface area (Å²) in [5.74, 6) is -0.321. The zero-order chi connectivity index (χ0) is 13.0. The van der Waals surface area contributed by atoms with Gasteiger partial charge in [0.15, 0.2) is 5.13 Å². The minimum atomic E-state index is -0.321. The van der Waals surface area contributed by atoms with Crippen LogP contribution in [-0.2, 0) is 0 Å². The fraction of sp³-hybridized carbons (Fsp3) is 0. The van der Waals surface area contributed by atoms with E-state index in [9.17, 15) is 4.79 Å². The second-order valence-electron chi connectivity index (χ2n) is 3.28. The number of rotatable bonds is 2. The molecular weight excluding hydrogens is 248 g/mol. The Hall–Kier alpha value is -2.70. The van der Waals surface area contributed by atoms with Crippen molar-refractivity contribution in [3.8, 4) is 12.1 Å². The number of aromatic nitrogens is 1. The Morgan fingerprint density at radius 3 is 2.50 bits per heavy atom. The van der Waals surface area contributed by atoms with Gasteiger partial charge in [-0.05, 0) is 24.3 Å². The topological polar surface area (TPSA) is 89.6 Å². The van der Waals surface area contributed by atoms with Gasteiger partial charge in [-0.15, -0.1) is 0 Å². The number of anilines is 1. The highest BCUT2D eigenvalue weighted by atomic mass is 32.1. The molecule has 1 aromatic heterocycles.